The van der Waals surface area contributed by atoms with Gasteiger partial charge >= 0.3 is 0 Å². The second-order valence-corrected chi connectivity index (χ2v) is 4.05. The quantitative estimate of drug-likeness (QED) is 0.505. The van der Waals surface area contributed by atoms with Gasteiger partial charge < -0.3 is 0 Å². The van der Waals surface area contributed by atoms with Crippen LogP contribution in [-0.2, 0) is 0 Å². The normalized spacial score (nSPS) is 39.3. The van der Waals surface area contributed by atoms with E-state index in [-0.39, 0.29) is 0 Å². The maximum absolute atomic E-state index is 4.50. The molecule has 1 nitrogen and oxygen atoms in total. The first-order valence-electron chi connectivity index (χ1n) is 5.10. The van der Waals surface area contributed by atoms with Crippen molar-refractivity contribution in [1.82, 2.24) is 5.32 Å². The number of nitrogens with zero attached hydrogens (tertiary/aromatic N) is 1. The minimum Gasteiger partial charge on any atom is -0.242 e. The van der Waals surface area contributed by atoms with Crippen molar-refractivity contribution in [2.75, 3.05) is 13.1 Å². The zero-order valence-corrected chi connectivity index (χ0v) is 7.26. The summed E-state index contributed by atoms with van der Waals surface area (Å²) in [5.74, 6) is 2.10. The van der Waals surface area contributed by atoms with Gasteiger partial charge in [-0.1, -0.05) is 25.7 Å². The Kier molecular flexibility index (Phi) is 2.47. The zero-order chi connectivity index (χ0) is 7.52. The van der Waals surface area contributed by atoms with E-state index in [4.69, 9.17) is 0 Å². The fraction of sp³-hybridized carbons (Fsp3) is 1.00. The minimum atomic E-state index is 1.05. The van der Waals surface area contributed by atoms with Gasteiger partial charge in [0.2, 0.25) is 0 Å². The summed E-state index contributed by atoms with van der Waals surface area (Å²) in [7, 11) is 0. The van der Waals surface area contributed by atoms with Crippen LogP contribution in [0.25, 0.3) is 0 Å². The molecule has 63 valence electrons. The number of rotatable bonds is 0. The van der Waals surface area contributed by atoms with Crippen LogP contribution in [0.4, 0.5) is 0 Å². The van der Waals surface area contributed by atoms with Gasteiger partial charge in [-0.05, 0) is 24.7 Å². The van der Waals surface area contributed by atoms with Gasteiger partial charge in [0.05, 0.1) is 0 Å². The van der Waals surface area contributed by atoms with Gasteiger partial charge in [0.25, 0.3) is 0 Å². The molecule has 1 radical (unpaired) electrons. The van der Waals surface area contributed by atoms with E-state index < -0.39 is 0 Å². The number of hydrogen-bond donors (Lipinski definition) is 0. The molecule has 1 aliphatic carbocycles. The van der Waals surface area contributed by atoms with Crippen LogP contribution in [0.1, 0.15) is 38.5 Å². The van der Waals surface area contributed by atoms with Crippen LogP contribution in [0.3, 0.4) is 0 Å². The lowest BCUT2D eigenvalue weighted by atomic mass is 9.77. The molecule has 2 aliphatic rings. The molecule has 0 N–H and O–H groups in total. The lowest BCUT2D eigenvalue weighted by molar-refractivity contribution is 0.230. The molecular weight excluding hydrogens is 134 g/mol. The summed E-state index contributed by atoms with van der Waals surface area (Å²) in [6.07, 6.45) is 8.76. The molecule has 0 bridgehead atoms. The van der Waals surface area contributed by atoms with Gasteiger partial charge in [0.1, 0.15) is 0 Å². The molecule has 1 saturated heterocycles. The van der Waals surface area contributed by atoms with E-state index in [2.05, 4.69) is 5.32 Å². The third kappa shape index (κ3) is 1.76. The molecule has 1 saturated carbocycles. The maximum atomic E-state index is 4.50. The Morgan fingerprint density at radius 3 is 1.82 bits per heavy atom. The van der Waals surface area contributed by atoms with Gasteiger partial charge in [-0.15, -0.1) is 0 Å². The molecule has 2 atom stereocenters. The molecule has 1 heterocycles. The Labute approximate surface area is 69.6 Å². The Morgan fingerprint density at radius 1 is 0.727 bits per heavy atom. The summed E-state index contributed by atoms with van der Waals surface area (Å²) in [6, 6.07) is 0. The summed E-state index contributed by atoms with van der Waals surface area (Å²) in [5.41, 5.74) is 0. The Morgan fingerprint density at radius 2 is 1.27 bits per heavy atom. The molecule has 2 unspecified atom stereocenters. The van der Waals surface area contributed by atoms with Crippen molar-refractivity contribution in [3.05, 3.63) is 0 Å². The Bertz CT molecular complexity index is 108. The summed E-state index contributed by atoms with van der Waals surface area (Å²) >= 11 is 0. The van der Waals surface area contributed by atoms with E-state index in [9.17, 15) is 0 Å². The molecule has 0 spiro atoms. The topological polar surface area (TPSA) is 14.1 Å². The highest BCUT2D eigenvalue weighted by Crippen LogP contribution is 2.35. The first-order valence-corrected chi connectivity index (χ1v) is 5.10. The average molecular weight is 152 g/mol. The third-order valence-corrected chi connectivity index (χ3v) is 3.38. The van der Waals surface area contributed by atoms with Crippen molar-refractivity contribution >= 4 is 0 Å². The molecular formula is C10H18N. The van der Waals surface area contributed by atoms with Gasteiger partial charge in [-0.2, -0.15) is 0 Å². The first-order chi connectivity index (χ1) is 5.47. The van der Waals surface area contributed by atoms with Crippen molar-refractivity contribution in [3.8, 4) is 0 Å². The van der Waals surface area contributed by atoms with Crippen molar-refractivity contribution in [3.63, 3.8) is 0 Å². The van der Waals surface area contributed by atoms with Gasteiger partial charge in [0, 0.05) is 13.1 Å². The molecule has 2 rings (SSSR count). The summed E-state index contributed by atoms with van der Waals surface area (Å²) < 4.78 is 0. The molecule has 11 heavy (non-hydrogen) atoms. The largest absolute Gasteiger partial charge is 0.242 e. The predicted octanol–water partition coefficient (Wildman–Crippen LogP) is 2.19. The zero-order valence-electron chi connectivity index (χ0n) is 7.26. The smallest absolute Gasteiger partial charge is 0.0136 e. The lowest BCUT2D eigenvalue weighted by Gasteiger charge is -2.29. The van der Waals surface area contributed by atoms with E-state index in [1.807, 2.05) is 0 Å². The lowest BCUT2D eigenvalue weighted by Crippen LogP contribution is -2.18. The highest BCUT2D eigenvalue weighted by molar-refractivity contribution is 4.78. The molecule has 1 aliphatic heterocycles. The fourth-order valence-electron chi connectivity index (χ4n) is 2.67. The van der Waals surface area contributed by atoms with Gasteiger partial charge in [-0.3, -0.25) is 0 Å². The van der Waals surface area contributed by atoms with E-state index in [1.54, 1.807) is 0 Å². The summed E-state index contributed by atoms with van der Waals surface area (Å²) in [6.45, 7) is 2.31. The Hall–Kier alpha value is -0.0400. The van der Waals surface area contributed by atoms with E-state index in [0.717, 1.165) is 24.9 Å². The summed E-state index contributed by atoms with van der Waals surface area (Å²) in [5, 5.41) is 4.50. The van der Waals surface area contributed by atoms with Crippen molar-refractivity contribution < 1.29 is 0 Å². The SMILES string of the molecule is C1CCC2CC[N]CCC2C1. The molecule has 0 aromatic rings. The monoisotopic (exact) mass is 152 g/mol. The second-order valence-electron chi connectivity index (χ2n) is 4.05. The van der Waals surface area contributed by atoms with Crippen LogP contribution in [-0.4, -0.2) is 13.1 Å². The molecule has 0 aromatic heterocycles. The molecule has 2 fully saturated rings. The van der Waals surface area contributed by atoms with Crippen LogP contribution in [0.5, 0.6) is 0 Å². The van der Waals surface area contributed by atoms with Crippen LogP contribution >= 0.6 is 0 Å². The fourth-order valence-corrected chi connectivity index (χ4v) is 2.67. The minimum absolute atomic E-state index is 1.05. The van der Waals surface area contributed by atoms with Crippen LogP contribution in [0.2, 0.25) is 0 Å². The average Bonchev–Trinajstić information content (AvgIpc) is 2.28. The maximum Gasteiger partial charge on any atom is 0.0136 e. The Balaban J connectivity index is 1.93. The third-order valence-electron chi connectivity index (χ3n) is 3.38. The standard InChI is InChI=1S/C10H18N/c1-2-4-10-6-8-11-7-5-9(10)3-1/h9-10H,1-8H2. The van der Waals surface area contributed by atoms with E-state index in [1.165, 1.54) is 38.5 Å². The molecule has 1 heteroatoms. The first kappa shape index (κ1) is 7.60. The number of hydrogen-bond acceptors (Lipinski definition) is 0. The second kappa shape index (κ2) is 3.57. The number of fused-ring (bicyclic) bond motifs is 1. The van der Waals surface area contributed by atoms with Crippen LogP contribution < -0.4 is 5.32 Å². The van der Waals surface area contributed by atoms with Crippen LogP contribution in [0.15, 0.2) is 0 Å². The van der Waals surface area contributed by atoms with E-state index >= 15 is 0 Å². The van der Waals surface area contributed by atoms with E-state index in [0.29, 0.717) is 0 Å². The highest BCUT2D eigenvalue weighted by Gasteiger charge is 2.25. The van der Waals surface area contributed by atoms with Crippen molar-refractivity contribution in [1.29, 1.82) is 0 Å². The molecule has 0 amide bonds. The van der Waals surface area contributed by atoms with Gasteiger partial charge in [-0.25, -0.2) is 5.32 Å². The van der Waals surface area contributed by atoms with Crippen LogP contribution in [0, 0.1) is 11.8 Å². The van der Waals surface area contributed by atoms with Crippen molar-refractivity contribution in [2.24, 2.45) is 11.8 Å². The summed E-state index contributed by atoms with van der Waals surface area (Å²) in [4.78, 5) is 0. The van der Waals surface area contributed by atoms with Crippen molar-refractivity contribution in [2.45, 2.75) is 38.5 Å². The predicted molar refractivity (Wildman–Crippen MR) is 46.6 cm³/mol. The molecule has 0 aromatic carbocycles. The van der Waals surface area contributed by atoms with Gasteiger partial charge in [0.15, 0.2) is 0 Å². The highest BCUT2D eigenvalue weighted by atomic mass is 14.9.